The highest BCUT2D eigenvalue weighted by atomic mass is 16.4. The molecular formula is C10H14N2O3. The van der Waals surface area contributed by atoms with Crippen molar-refractivity contribution in [3.63, 3.8) is 0 Å². The fourth-order valence-electron chi connectivity index (χ4n) is 1.23. The molecule has 0 saturated carbocycles. The molecule has 5 nitrogen and oxygen atoms in total. The summed E-state index contributed by atoms with van der Waals surface area (Å²) in [5.41, 5.74) is 0.380. The first-order valence-electron chi connectivity index (χ1n) is 4.80. The monoisotopic (exact) mass is 210 g/mol. The van der Waals surface area contributed by atoms with Gasteiger partial charge in [0.25, 0.3) is 5.91 Å². The number of carboxylic acid groups (broad SMARTS) is 1. The zero-order chi connectivity index (χ0) is 11.3. The van der Waals surface area contributed by atoms with Gasteiger partial charge in [0.05, 0.1) is 0 Å². The highest BCUT2D eigenvalue weighted by molar-refractivity contribution is 5.93. The number of carbonyl (C=O) groups excluding carboxylic acids is 1. The third-order valence-electron chi connectivity index (χ3n) is 1.90. The maximum atomic E-state index is 11.5. The smallest absolute Gasteiger partial charge is 0.323 e. The first-order chi connectivity index (χ1) is 7.15. The Balaban J connectivity index is 2.71. The minimum absolute atomic E-state index is 0.193. The van der Waals surface area contributed by atoms with E-state index < -0.39 is 5.97 Å². The number of carbonyl (C=O) groups is 2. The Bertz CT molecular complexity index is 357. The lowest BCUT2D eigenvalue weighted by Crippen LogP contribution is -2.27. The molecule has 82 valence electrons. The second-order valence-electron chi connectivity index (χ2n) is 3.17. The third-order valence-corrected chi connectivity index (χ3v) is 1.90. The summed E-state index contributed by atoms with van der Waals surface area (Å²) in [6, 6.07) is 3.26. The third kappa shape index (κ3) is 3.12. The SMILES string of the molecule is CCCNC(=O)c1cccn1CC(=O)O. The van der Waals surface area contributed by atoms with Crippen LogP contribution in [-0.2, 0) is 11.3 Å². The number of amides is 1. The molecule has 0 atom stereocenters. The Morgan fingerprint density at radius 2 is 2.27 bits per heavy atom. The molecule has 0 saturated heterocycles. The largest absolute Gasteiger partial charge is 0.480 e. The Morgan fingerprint density at radius 1 is 1.53 bits per heavy atom. The van der Waals surface area contributed by atoms with Crippen LogP contribution >= 0.6 is 0 Å². The Labute approximate surface area is 87.7 Å². The fraction of sp³-hybridized carbons (Fsp3) is 0.400. The van der Waals surface area contributed by atoms with E-state index in [1.54, 1.807) is 18.3 Å². The lowest BCUT2D eigenvalue weighted by atomic mass is 10.3. The number of nitrogens with one attached hydrogen (secondary N) is 1. The summed E-state index contributed by atoms with van der Waals surface area (Å²) >= 11 is 0. The zero-order valence-corrected chi connectivity index (χ0v) is 8.56. The standard InChI is InChI=1S/C10H14N2O3/c1-2-5-11-10(15)8-4-3-6-12(8)7-9(13)14/h3-4,6H,2,5,7H2,1H3,(H,11,15)(H,13,14). The number of carboxylic acids is 1. The Kier molecular flexibility index (Phi) is 3.91. The number of nitrogens with zero attached hydrogens (tertiary/aromatic N) is 1. The highest BCUT2D eigenvalue weighted by Gasteiger charge is 2.11. The molecular weight excluding hydrogens is 196 g/mol. The van der Waals surface area contributed by atoms with Crippen LogP contribution in [0.2, 0.25) is 0 Å². The van der Waals surface area contributed by atoms with Crippen molar-refractivity contribution < 1.29 is 14.7 Å². The van der Waals surface area contributed by atoms with Gasteiger partial charge in [0, 0.05) is 12.7 Å². The lowest BCUT2D eigenvalue weighted by Gasteiger charge is -2.06. The maximum absolute atomic E-state index is 11.5. The van der Waals surface area contributed by atoms with Gasteiger partial charge in [-0.3, -0.25) is 9.59 Å². The minimum atomic E-state index is -0.962. The van der Waals surface area contributed by atoms with Gasteiger partial charge < -0.3 is 15.0 Å². The second kappa shape index (κ2) is 5.19. The molecule has 0 aliphatic rings. The fourth-order valence-corrected chi connectivity index (χ4v) is 1.23. The van der Waals surface area contributed by atoms with E-state index in [0.717, 1.165) is 6.42 Å². The van der Waals surface area contributed by atoms with Gasteiger partial charge in [-0.25, -0.2) is 0 Å². The van der Waals surface area contributed by atoms with Gasteiger partial charge >= 0.3 is 5.97 Å². The number of hydrogen-bond acceptors (Lipinski definition) is 2. The van der Waals surface area contributed by atoms with Crippen molar-refractivity contribution in [1.29, 1.82) is 0 Å². The van der Waals surface area contributed by atoms with E-state index in [1.807, 2.05) is 6.92 Å². The molecule has 1 amide bonds. The molecule has 0 aliphatic carbocycles. The van der Waals surface area contributed by atoms with Gasteiger partial charge in [-0.05, 0) is 18.6 Å². The molecule has 2 N–H and O–H groups in total. The van der Waals surface area contributed by atoms with Crippen molar-refractivity contribution in [3.05, 3.63) is 24.0 Å². The summed E-state index contributed by atoms with van der Waals surface area (Å²) in [6.07, 6.45) is 2.43. The Morgan fingerprint density at radius 3 is 2.87 bits per heavy atom. The average molecular weight is 210 g/mol. The second-order valence-corrected chi connectivity index (χ2v) is 3.17. The molecule has 1 heterocycles. The summed E-state index contributed by atoms with van der Waals surface area (Å²) in [4.78, 5) is 22.0. The van der Waals surface area contributed by atoms with Crippen molar-refractivity contribution in [1.82, 2.24) is 9.88 Å². The molecule has 0 spiro atoms. The van der Waals surface area contributed by atoms with Crippen molar-refractivity contribution in [2.75, 3.05) is 6.54 Å². The van der Waals surface area contributed by atoms with E-state index >= 15 is 0 Å². The first-order valence-corrected chi connectivity index (χ1v) is 4.80. The average Bonchev–Trinajstić information content (AvgIpc) is 2.61. The van der Waals surface area contributed by atoms with E-state index in [1.165, 1.54) is 4.57 Å². The van der Waals surface area contributed by atoms with Crippen LogP contribution < -0.4 is 5.32 Å². The molecule has 0 radical (unpaired) electrons. The molecule has 0 bridgehead atoms. The summed E-state index contributed by atoms with van der Waals surface area (Å²) < 4.78 is 1.41. The molecule has 0 aliphatic heterocycles. The van der Waals surface area contributed by atoms with Crippen LogP contribution in [0.5, 0.6) is 0 Å². The molecule has 15 heavy (non-hydrogen) atoms. The van der Waals surface area contributed by atoms with Gasteiger partial charge in [-0.2, -0.15) is 0 Å². The number of aromatic nitrogens is 1. The van der Waals surface area contributed by atoms with Crippen LogP contribution in [0.15, 0.2) is 18.3 Å². The van der Waals surface area contributed by atoms with Gasteiger partial charge in [-0.1, -0.05) is 6.92 Å². The number of rotatable bonds is 5. The lowest BCUT2D eigenvalue weighted by molar-refractivity contribution is -0.137. The van der Waals surface area contributed by atoms with Crippen molar-refractivity contribution in [2.45, 2.75) is 19.9 Å². The van der Waals surface area contributed by atoms with Crippen molar-refractivity contribution >= 4 is 11.9 Å². The molecule has 1 aromatic rings. The van der Waals surface area contributed by atoms with E-state index in [0.29, 0.717) is 12.2 Å². The molecule has 5 heteroatoms. The van der Waals surface area contributed by atoms with E-state index in [2.05, 4.69) is 5.32 Å². The van der Waals surface area contributed by atoms with Crippen LogP contribution in [0, 0.1) is 0 Å². The maximum Gasteiger partial charge on any atom is 0.323 e. The minimum Gasteiger partial charge on any atom is -0.480 e. The van der Waals surface area contributed by atoms with Gasteiger partial charge in [-0.15, -0.1) is 0 Å². The van der Waals surface area contributed by atoms with E-state index in [9.17, 15) is 9.59 Å². The highest BCUT2D eigenvalue weighted by Crippen LogP contribution is 2.02. The molecule has 0 aromatic carbocycles. The molecule has 0 unspecified atom stereocenters. The Hall–Kier alpha value is -1.78. The van der Waals surface area contributed by atoms with Gasteiger partial charge in [0.1, 0.15) is 12.2 Å². The zero-order valence-electron chi connectivity index (χ0n) is 8.56. The normalized spacial score (nSPS) is 9.93. The predicted molar refractivity (Wildman–Crippen MR) is 54.7 cm³/mol. The van der Waals surface area contributed by atoms with Gasteiger partial charge in [0.15, 0.2) is 0 Å². The number of aliphatic carboxylic acids is 1. The van der Waals surface area contributed by atoms with Crippen LogP contribution in [0.4, 0.5) is 0 Å². The predicted octanol–water partition coefficient (Wildman–Crippen LogP) is 0.712. The summed E-state index contributed by atoms with van der Waals surface area (Å²) in [5.74, 6) is -1.20. The quantitative estimate of drug-likeness (QED) is 0.752. The van der Waals surface area contributed by atoms with Crippen molar-refractivity contribution in [2.24, 2.45) is 0 Å². The summed E-state index contributed by atoms with van der Waals surface area (Å²) in [7, 11) is 0. The topological polar surface area (TPSA) is 71.3 Å². The van der Waals surface area contributed by atoms with Crippen LogP contribution in [0.1, 0.15) is 23.8 Å². The molecule has 1 aromatic heterocycles. The van der Waals surface area contributed by atoms with E-state index in [4.69, 9.17) is 5.11 Å². The first kappa shape index (κ1) is 11.3. The molecule has 1 rings (SSSR count). The van der Waals surface area contributed by atoms with Crippen LogP contribution in [-0.4, -0.2) is 28.1 Å². The van der Waals surface area contributed by atoms with Crippen LogP contribution in [0.25, 0.3) is 0 Å². The summed E-state index contributed by atoms with van der Waals surface area (Å²) in [6.45, 7) is 2.36. The molecule has 0 fully saturated rings. The van der Waals surface area contributed by atoms with E-state index in [-0.39, 0.29) is 12.5 Å². The summed E-state index contributed by atoms with van der Waals surface area (Å²) in [5, 5.41) is 11.3. The van der Waals surface area contributed by atoms with Gasteiger partial charge in [0.2, 0.25) is 0 Å². The van der Waals surface area contributed by atoms with Crippen molar-refractivity contribution in [3.8, 4) is 0 Å². The van der Waals surface area contributed by atoms with Crippen LogP contribution in [0.3, 0.4) is 0 Å². The number of hydrogen-bond donors (Lipinski definition) is 2.